The van der Waals surface area contributed by atoms with E-state index >= 15 is 0 Å². The molecule has 1 aliphatic heterocycles. The first-order valence-electron chi connectivity index (χ1n) is 9.66. The molecule has 1 N–H and O–H groups in total. The molecular formula is C21H21ClN4O3S. The Balaban J connectivity index is 1.60. The van der Waals surface area contributed by atoms with Crippen LogP contribution in [0, 0.1) is 0 Å². The van der Waals surface area contributed by atoms with Crippen LogP contribution in [0.5, 0.6) is 0 Å². The number of hydrogen-bond donors (Lipinski definition) is 1. The van der Waals surface area contributed by atoms with Crippen LogP contribution in [0.15, 0.2) is 47.4 Å². The number of aryl methyl sites for hydroxylation is 1. The van der Waals surface area contributed by atoms with Crippen LogP contribution in [-0.2, 0) is 22.8 Å². The SMILES string of the molecule is CS(=O)(=O)c1cc(C(=O)Nc2cccc(-c3nnc4n3CCCCC4)c2)ccc1Cl. The lowest BCUT2D eigenvalue weighted by Crippen LogP contribution is -2.13. The fraction of sp³-hybridized carbons (Fsp3) is 0.286. The van der Waals surface area contributed by atoms with Crippen molar-refractivity contribution in [2.24, 2.45) is 0 Å². The highest BCUT2D eigenvalue weighted by Crippen LogP contribution is 2.26. The van der Waals surface area contributed by atoms with Gasteiger partial charge in [-0.1, -0.05) is 30.2 Å². The van der Waals surface area contributed by atoms with Crippen molar-refractivity contribution < 1.29 is 13.2 Å². The van der Waals surface area contributed by atoms with Crippen molar-refractivity contribution in [1.82, 2.24) is 14.8 Å². The zero-order chi connectivity index (χ0) is 21.3. The minimum absolute atomic E-state index is 0.0725. The summed E-state index contributed by atoms with van der Waals surface area (Å²) in [5.74, 6) is 1.36. The summed E-state index contributed by atoms with van der Waals surface area (Å²) >= 11 is 5.97. The predicted octanol–water partition coefficient (Wildman–Crippen LogP) is 3.98. The quantitative estimate of drug-likeness (QED) is 0.656. The molecule has 1 aliphatic rings. The first kappa shape index (κ1) is 20.6. The Hall–Kier alpha value is -2.71. The van der Waals surface area contributed by atoms with Gasteiger partial charge in [-0.05, 0) is 43.2 Å². The number of amides is 1. The van der Waals surface area contributed by atoms with Crippen LogP contribution in [0.4, 0.5) is 5.69 Å². The number of nitrogens with zero attached hydrogens (tertiary/aromatic N) is 3. The summed E-state index contributed by atoms with van der Waals surface area (Å²) in [6, 6.07) is 11.6. The normalized spacial score (nSPS) is 14.1. The number of benzene rings is 2. The van der Waals surface area contributed by atoms with Gasteiger partial charge in [0.1, 0.15) is 5.82 Å². The Bertz CT molecular complexity index is 1220. The van der Waals surface area contributed by atoms with Crippen molar-refractivity contribution in [3.8, 4) is 11.4 Å². The van der Waals surface area contributed by atoms with Crippen LogP contribution in [0.25, 0.3) is 11.4 Å². The van der Waals surface area contributed by atoms with Gasteiger partial charge in [0.25, 0.3) is 5.91 Å². The molecule has 7 nitrogen and oxygen atoms in total. The van der Waals surface area contributed by atoms with Gasteiger partial charge in [-0.15, -0.1) is 10.2 Å². The van der Waals surface area contributed by atoms with E-state index in [2.05, 4.69) is 20.1 Å². The maximum absolute atomic E-state index is 12.7. The van der Waals surface area contributed by atoms with Gasteiger partial charge in [0, 0.05) is 36.0 Å². The third-order valence-electron chi connectivity index (χ3n) is 5.08. The largest absolute Gasteiger partial charge is 0.322 e. The molecule has 0 fully saturated rings. The van der Waals surface area contributed by atoms with E-state index in [0.717, 1.165) is 49.3 Å². The van der Waals surface area contributed by atoms with Crippen LogP contribution in [0.1, 0.15) is 35.4 Å². The van der Waals surface area contributed by atoms with E-state index in [1.165, 1.54) is 24.6 Å². The van der Waals surface area contributed by atoms with Gasteiger partial charge < -0.3 is 9.88 Å². The van der Waals surface area contributed by atoms with Gasteiger partial charge in [-0.25, -0.2) is 8.42 Å². The average molecular weight is 445 g/mol. The van der Waals surface area contributed by atoms with Crippen molar-refractivity contribution in [1.29, 1.82) is 0 Å². The molecule has 0 aliphatic carbocycles. The second-order valence-electron chi connectivity index (χ2n) is 7.35. The summed E-state index contributed by atoms with van der Waals surface area (Å²) in [6.07, 6.45) is 5.36. The Morgan fingerprint density at radius 3 is 2.73 bits per heavy atom. The number of nitrogens with one attached hydrogen (secondary N) is 1. The molecule has 9 heteroatoms. The minimum Gasteiger partial charge on any atom is -0.322 e. The lowest BCUT2D eigenvalue weighted by atomic mass is 10.1. The van der Waals surface area contributed by atoms with E-state index in [0.29, 0.717) is 5.69 Å². The maximum Gasteiger partial charge on any atom is 0.255 e. The molecule has 2 heterocycles. The standard InChI is InChI=1S/C21H21ClN4O3S/c1-30(28,29)18-13-15(9-10-17(18)22)21(27)23-16-7-5-6-14(12-16)20-25-24-19-8-3-2-4-11-26(19)20/h5-7,9-10,12-13H,2-4,8,11H2,1H3,(H,23,27). The monoisotopic (exact) mass is 444 g/mol. The van der Waals surface area contributed by atoms with E-state index in [4.69, 9.17) is 11.6 Å². The summed E-state index contributed by atoms with van der Waals surface area (Å²) in [7, 11) is -3.54. The van der Waals surface area contributed by atoms with Crippen molar-refractivity contribution in [3.63, 3.8) is 0 Å². The second kappa shape index (κ2) is 8.20. The molecule has 0 saturated heterocycles. The van der Waals surface area contributed by atoms with E-state index in [-0.39, 0.29) is 15.5 Å². The van der Waals surface area contributed by atoms with Crippen LogP contribution in [0.3, 0.4) is 0 Å². The summed E-state index contributed by atoms with van der Waals surface area (Å²) in [5.41, 5.74) is 1.65. The Labute approximate surface area is 180 Å². The molecule has 2 aromatic carbocycles. The third-order valence-corrected chi connectivity index (χ3v) is 6.66. The van der Waals surface area contributed by atoms with Crippen molar-refractivity contribution in [2.45, 2.75) is 37.1 Å². The lowest BCUT2D eigenvalue weighted by molar-refractivity contribution is 0.102. The van der Waals surface area contributed by atoms with Gasteiger partial charge in [-0.3, -0.25) is 4.79 Å². The van der Waals surface area contributed by atoms with Crippen LogP contribution < -0.4 is 5.32 Å². The summed E-state index contributed by atoms with van der Waals surface area (Å²) in [4.78, 5) is 12.6. The van der Waals surface area contributed by atoms with E-state index in [1.807, 2.05) is 18.2 Å². The molecule has 0 saturated carbocycles. The van der Waals surface area contributed by atoms with Gasteiger partial charge in [-0.2, -0.15) is 0 Å². The highest BCUT2D eigenvalue weighted by molar-refractivity contribution is 7.90. The molecule has 1 aromatic heterocycles. The second-order valence-corrected chi connectivity index (χ2v) is 9.75. The number of hydrogen-bond acceptors (Lipinski definition) is 5. The molecule has 0 radical (unpaired) electrons. The fourth-order valence-corrected chi connectivity index (χ4v) is 4.87. The number of rotatable bonds is 4. The average Bonchev–Trinajstić information content (AvgIpc) is 2.96. The van der Waals surface area contributed by atoms with Gasteiger partial charge >= 0.3 is 0 Å². The fourth-order valence-electron chi connectivity index (χ4n) is 3.57. The van der Waals surface area contributed by atoms with Gasteiger partial charge in [0.05, 0.1) is 9.92 Å². The number of carbonyl (C=O) groups excluding carboxylic acids is 1. The Morgan fingerprint density at radius 1 is 1.10 bits per heavy atom. The van der Waals surface area contributed by atoms with Crippen molar-refractivity contribution >= 4 is 33.0 Å². The number of anilines is 1. The molecule has 30 heavy (non-hydrogen) atoms. The highest BCUT2D eigenvalue weighted by Gasteiger charge is 2.18. The summed E-state index contributed by atoms with van der Waals surface area (Å²) in [6.45, 7) is 0.882. The molecule has 0 atom stereocenters. The molecule has 3 aromatic rings. The Kier molecular flexibility index (Phi) is 5.62. The van der Waals surface area contributed by atoms with Gasteiger partial charge in [0.15, 0.2) is 15.7 Å². The van der Waals surface area contributed by atoms with Crippen molar-refractivity contribution in [2.75, 3.05) is 11.6 Å². The third kappa shape index (κ3) is 4.24. The number of fused-ring (bicyclic) bond motifs is 1. The van der Waals surface area contributed by atoms with Crippen LogP contribution in [0.2, 0.25) is 5.02 Å². The minimum atomic E-state index is -3.54. The highest BCUT2D eigenvalue weighted by atomic mass is 35.5. The van der Waals surface area contributed by atoms with Crippen LogP contribution in [-0.4, -0.2) is 35.3 Å². The summed E-state index contributed by atoms with van der Waals surface area (Å²) in [5, 5.41) is 11.6. The molecule has 0 bridgehead atoms. The van der Waals surface area contributed by atoms with Crippen molar-refractivity contribution in [3.05, 3.63) is 58.9 Å². The molecule has 156 valence electrons. The van der Waals surface area contributed by atoms with Gasteiger partial charge in [0.2, 0.25) is 0 Å². The number of carbonyl (C=O) groups is 1. The van der Waals surface area contributed by atoms with E-state index in [9.17, 15) is 13.2 Å². The van der Waals surface area contributed by atoms with E-state index in [1.54, 1.807) is 6.07 Å². The maximum atomic E-state index is 12.7. The number of sulfone groups is 1. The molecule has 0 unspecified atom stereocenters. The lowest BCUT2D eigenvalue weighted by Gasteiger charge is -2.10. The number of aromatic nitrogens is 3. The molecular weight excluding hydrogens is 424 g/mol. The zero-order valence-corrected chi connectivity index (χ0v) is 18.0. The molecule has 4 rings (SSSR count). The molecule has 0 spiro atoms. The smallest absolute Gasteiger partial charge is 0.255 e. The first-order chi connectivity index (χ1) is 14.3. The Morgan fingerprint density at radius 2 is 1.93 bits per heavy atom. The molecule has 1 amide bonds. The van der Waals surface area contributed by atoms with E-state index < -0.39 is 15.7 Å². The summed E-state index contributed by atoms with van der Waals surface area (Å²) < 4.78 is 25.9. The predicted molar refractivity (Wildman–Crippen MR) is 116 cm³/mol. The number of halogens is 1. The first-order valence-corrected chi connectivity index (χ1v) is 11.9. The zero-order valence-electron chi connectivity index (χ0n) is 16.4. The van der Waals surface area contributed by atoms with Crippen LogP contribution >= 0.6 is 11.6 Å². The topological polar surface area (TPSA) is 93.9 Å².